The van der Waals surface area contributed by atoms with Crippen molar-refractivity contribution in [1.82, 2.24) is 10.2 Å². The largest absolute Gasteiger partial charge is 0.377 e. The fourth-order valence-electron chi connectivity index (χ4n) is 2.88. The zero-order valence-corrected chi connectivity index (χ0v) is 12.5. The van der Waals surface area contributed by atoms with E-state index in [2.05, 4.69) is 5.32 Å². The van der Waals surface area contributed by atoms with Crippen molar-refractivity contribution in [2.75, 3.05) is 19.8 Å². The average molecular weight is 310 g/mol. The number of rotatable bonds is 3. The van der Waals surface area contributed by atoms with Crippen molar-refractivity contribution < 1.29 is 18.3 Å². The van der Waals surface area contributed by atoms with Crippen LogP contribution in [0.3, 0.4) is 0 Å². The highest BCUT2D eigenvalue weighted by atomic mass is 19.1. The Morgan fingerprint density at radius 1 is 1.41 bits per heavy atom. The van der Waals surface area contributed by atoms with Crippen molar-refractivity contribution in [3.05, 3.63) is 35.4 Å². The van der Waals surface area contributed by atoms with Gasteiger partial charge < -0.3 is 15.0 Å². The number of ether oxygens (including phenoxy) is 1. The molecule has 1 saturated carbocycles. The molecule has 1 N–H and O–H groups in total. The third kappa shape index (κ3) is 3.21. The predicted molar refractivity (Wildman–Crippen MR) is 77.3 cm³/mol. The van der Waals surface area contributed by atoms with Crippen LogP contribution in [0.4, 0.5) is 13.6 Å². The Morgan fingerprint density at radius 2 is 2.18 bits per heavy atom. The molecule has 2 atom stereocenters. The highest BCUT2D eigenvalue weighted by Gasteiger charge is 2.36. The molecule has 0 bridgehead atoms. The number of carbonyl (C=O) groups is 1. The molecule has 1 aliphatic carbocycles. The highest BCUT2D eigenvalue weighted by Crippen LogP contribution is 2.42. The molecule has 2 amide bonds. The number of hydrogen-bond donors (Lipinski definition) is 1. The Morgan fingerprint density at radius 3 is 2.86 bits per heavy atom. The molecule has 1 aromatic rings. The summed E-state index contributed by atoms with van der Waals surface area (Å²) in [6, 6.07) is 2.65. The number of urea groups is 1. The van der Waals surface area contributed by atoms with Crippen molar-refractivity contribution in [3.63, 3.8) is 0 Å². The summed E-state index contributed by atoms with van der Waals surface area (Å²) in [5.41, 5.74) is 0.233. The lowest BCUT2D eigenvalue weighted by Gasteiger charge is -2.34. The molecule has 1 heterocycles. The molecule has 1 aliphatic heterocycles. The monoisotopic (exact) mass is 310 g/mol. The molecule has 0 aromatic heterocycles. The lowest BCUT2D eigenvalue weighted by Crippen LogP contribution is -2.52. The minimum atomic E-state index is -0.490. The van der Waals surface area contributed by atoms with Gasteiger partial charge in [0.1, 0.15) is 11.6 Å². The van der Waals surface area contributed by atoms with Gasteiger partial charge in [0, 0.05) is 12.1 Å². The van der Waals surface area contributed by atoms with Gasteiger partial charge in [-0.05, 0) is 43.9 Å². The number of amides is 2. The Kier molecular flexibility index (Phi) is 4.29. The molecule has 3 rings (SSSR count). The number of morpholine rings is 1. The van der Waals surface area contributed by atoms with Gasteiger partial charge in [-0.2, -0.15) is 0 Å². The van der Waals surface area contributed by atoms with Crippen molar-refractivity contribution in [3.8, 4) is 0 Å². The maximum Gasteiger partial charge on any atom is 0.318 e. The fraction of sp³-hybridized carbons (Fsp3) is 0.562. The number of benzene rings is 1. The molecule has 6 heteroatoms. The highest BCUT2D eigenvalue weighted by molar-refractivity contribution is 5.75. The SMILES string of the molecule is C[C@@H]1COCCN1C(=O)N[C@H](c1cc(F)ccc1F)C1CC1. The zero-order chi connectivity index (χ0) is 15.7. The van der Waals surface area contributed by atoms with Gasteiger partial charge in [0.15, 0.2) is 0 Å². The first kappa shape index (κ1) is 15.2. The van der Waals surface area contributed by atoms with Crippen LogP contribution in [-0.2, 0) is 4.74 Å². The van der Waals surface area contributed by atoms with Gasteiger partial charge in [0.05, 0.1) is 25.3 Å². The van der Waals surface area contributed by atoms with Crippen molar-refractivity contribution in [1.29, 1.82) is 0 Å². The van der Waals surface area contributed by atoms with E-state index in [1.165, 1.54) is 6.07 Å². The van der Waals surface area contributed by atoms with Crippen molar-refractivity contribution >= 4 is 6.03 Å². The number of nitrogens with one attached hydrogen (secondary N) is 1. The summed E-state index contributed by atoms with van der Waals surface area (Å²) in [7, 11) is 0. The fourth-order valence-corrected chi connectivity index (χ4v) is 2.88. The van der Waals surface area contributed by atoms with E-state index in [9.17, 15) is 13.6 Å². The number of halogens is 2. The van der Waals surface area contributed by atoms with Gasteiger partial charge in [-0.15, -0.1) is 0 Å². The molecule has 1 aromatic carbocycles. The third-order valence-corrected chi connectivity index (χ3v) is 4.29. The standard InChI is InChI=1S/C16H20F2N2O2/c1-10-9-22-7-6-20(10)16(21)19-15(11-2-3-11)13-8-12(17)4-5-14(13)18/h4-5,8,10-11,15H,2-3,6-7,9H2,1H3,(H,19,21)/t10-,15+/m1/s1. The summed E-state index contributed by atoms with van der Waals surface area (Å²) < 4.78 is 32.8. The lowest BCUT2D eigenvalue weighted by molar-refractivity contribution is 0.0182. The van der Waals surface area contributed by atoms with Crippen molar-refractivity contribution in [2.45, 2.75) is 31.8 Å². The van der Waals surface area contributed by atoms with E-state index in [-0.39, 0.29) is 23.6 Å². The Labute approximate surface area is 128 Å². The summed E-state index contributed by atoms with van der Waals surface area (Å²) in [6.45, 7) is 3.42. The normalized spacial score (nSPS) is 23.2. The summed E-state index contributed by atoms with van der Waals surface area (Å²) in [5.74, 6) is -0.790. The van der Waals surface area contributed by atoms with E-state index < -0.39 is 17.7 Å². The third-order valence-electron chi connectivity index (χ3n) is 4.29. The lowest BCUT2D eigenvalue weighted by atomic mass is 10.0. The average Bonchev–Trinajstić information content (AvgIpc) is 3.32. The van der Waals surface area contributed by atoms with Crippen LogP contribution in [0.2, 0.25) is 0 Å². The molecule has 0 radical (unpaired) electrons. The maximum atomic E-state index is 14.0. The van der Waals surface area contributed by atoms with E-state index in [1.54, 1.807) is 4.90 Å². The summed E-state index contributed by atoms with van der Waals surface area (Å²) in [4.78, 5) is 14.2. The van der Waals surface area contributed by atoms with Crippen LogP contribution in [-0.4, -0.2) is 36.7 Å². The molecule has 120 valence electrons. The van der Waals surface area contributed by atoms with Crippen LogP contribution in [0.1, 0.15) is 31.4 Å². The quantitative estimate of drug-likeness (QED) is 0.933. The molecule has 2 fully saturated rings. The van der Waals surface area contributed by atoms with Gasteiger partial charge in [0.25, 0.3) is 0 Å². The van der Waals surface area contributed by atoms with E-state index in [0.717, 1.165) is 25.0 Å². The molecule has 0 spiro atoms. The van der Waals surface area contributed by atoms with E-state index >= 15 is 0 Å². The molecule has 2 aliphatic rings. The minimum Gasteiger partial charge on any atom is -0.377 e. The second kappa shape index (κ2) is 6.20. The van der Waals surface area contributed by atoms with Crippen LogP contribution in [0.25, 0.3) is 0 Å². The Hall–Kier alpha value is -1.69. The molecule has 22 heavy (non-hydrogen) atoms. The van der Waals surface area contributed by atoms with Gasteiger partial charge in [-0.3, -0.25) is 0 Å². The van der Waals surface area contributed by atoms with E-state index in [1.807, 2.05) is 6.92 Å². The molecular weight excluding hydrogens is 290 g/mol. The first-order chi connectivity index (χ1) is 10.6. The number of hydrogen-bond acceptors (Lipinski definition) is 2. The topological polar surface area (TPSA) is 41.6 Å². The maximum absolute atomic E-state index is 14.0. The predicted octanol–water partition coefficient (Wildman–Crippen LogP) is 2.85. The molecule has 0 unspecified atom stereocenters. The number of carbonyl (C=O) groups excluding carboxylic acids is 1. The zero-order valence-electron chi connectivity index (χ0n) is 12.5. The number of nitrogens with zero attached hydrogens (tertiary/aromatic N) is 1. The van der Waals surface area contributed by atoms with Crippen LogP contribution in [0.15, 0.2) is 18.2 Å². The molecule has 4 nitrogen and oxygen atoms in total. The summed E-state index contributed by atoms with van der Waals surface area (Å²) in [5, 5.41) is 2.89. The second-order valence-corrected chi connectivity index (χ2v) is 6.05. The second-order valence-electron chi connectivity index (χ2n) is 6.05. The van der Waals surface area contributed by atoms with Crippen LogP contribution in [0, 0.1) is 17.6 Å². The summed E-state index contributed by atoms with van der Waals surface area (Å²) >= 11 is 0. The molecule has 1 saturated heterocycles. The molecular formula is C16H20F2N2O2. The van der Waals surface area contributed by atoms with Crippen LogP contribution in [0.5, 0.6) is 0 Å². The minimum absolute atomic E-state index is 0.0223. The smallest absolute Gasteiger partial charge is 0.318 e. The van der Waals surface area contributed by atoms with Crippen LogP contribution < -0.4 is 5.32 Å². The summed E-state index contributed by atoms with van der Waals surface area (Å²) in [6.07, 6.45) is 1.83. The Balaban J connectivity index is 1.77. The van der Waals surface area contributed by atoms with E-state index in [4.69, 9.17) is 4.74 Å². The van der Waals surface area contributed by atoms with Gasteiger partial charge in [0.2, 0.25) is 0 Å². The van der Waals surface area contributed by atoms with Gasteiger partial charge in [-0.1, -0.05) is 0 Å². The van der Waals surface area contributed by atoms with E-state index in [0.29, 0.717) is 19.8 Å². The van der Waals surface area contributed by atoms with Gasteiger partial charge in [-0.25, -0.2) is 13.6 Å². The van der Waals surface area contributed by atoms with Crippen LogP contribution >= 0.6 is 0 Å². The van der Waals surface area contributed by atoms with Gasteiger partial charge >= 0.3 is 6.03 Å². The first-order valence-corrected chi connectivity index (χ1v) is 7.66. The first-order valence-electron chi connectivity index (χ1n) is 7.66. The Bertz CT molecular complexity index is 563. The van der Waals surface area contributed by atoms with Crippen molar-refractivity contribution in [2.24, 2.45) is 5.92 Å².